The molecule has 0 saturated heterocycles. The SMILES string of the molecule is NNC1C[C-]1O.[Zn]. The Morgan fingerprint density at radius 2 is 2.29 bits per heavy atom. The molecule has 0 heterocycles. The Morgan fingerprint density at radius 3 is 2.29 bits per heavy atom. The largest absolute Gasteiger partial charge is 0.561 e. The van der Waals surface area contributed by atoms with Crippen LogP contribution in [-0.4, -0.2) is 11.1 Å². The molecular formula is C3H7N2OZn-. The molecule has 1 fully saturated rings. The summed E-state index contributed by atoms with van der Waals surface area (Å²) in [6, 6.07) is 0.102. The number of rotatable bonds is 1. The third kappa shape index (κ3) is 1.82. The summed E-state index contributed by atoms with van der Waals surface area (Å²) in [5.74, 6) is 4.89. The zero-order chi connectivity index (χ0) is 4.57. The first kappa shape index (κ1) is 7.50. The van der Waals surface area contributed by atoms with E-state index in [-0.39, 0.29) is 25.5 Å². The zero-order valence-electron chi connectivity index (χ0n) is 4.02. The number of hydrazine groups is 1. The first-order chi connectivity index (χ1) is 2.84. The molecule has 38 valence electrons. The predicted octanol–water partition coefficient (Wildman–Crippen LogP) is -0.876. The average molecular weight is 152 g/mol. The molecule has 0 aliphatic heterocycles. The molecule has 0 bridgehead atoms. The monoisotopic (exact) mass is 151 g/mol. The topological polar surface area (TPSA) is 58.3 Å². The van der Waals surface area contributed by atoms with Crippen LogP contribution in [0.1, 0.15) is 6.42 Å². The minimum Gasteiger partial charge on any atom is -0.561 e. The van der Waals surface area contributed by atoms with E-state index in [9.17, 15) is 0 Å². The van der Waals surface area contributed by atoms with Gasteiger partial charge in [0.1, 0.15) is 0 Å². The molecule has 0 spiro atoms. The number of aliphatic hydroxyl groups is 1. The van der Waals surface area contributed by atoms with Crippen LogP contribution in [0.5, 0.6) is 0 Å². The van der Waals surface area contributed by atoms with E-state index < -0.39 is 0 Å². The maximum Gasteiger partial charge on any atom is 0 e. The molecule has 7 heavy (non-hydrogen) atoms. The van der Waals surface area contributed by atoms with Crippen molar-refractivity contribution >= 4 is 0 Å². The van der Waals surface area contributed by atoms with E-state index in [0.717, 1.165) is 6.42 Å². The fourth-order valence-corrected chi connectivity index (χ4v) is 0.305. The maximum absolute atomic E-state index is 8.40. The molecule has 1 aliphatic carbocycles. The van der Waals surface area contributed by atoms with Gasteiger partial charge >= 0.3 is 0 Å². The van der Waals surface area contributed by atoms with Crippen molar-refractivity contribution in [1.29, 1.82) is 0 Å². The van der Waals surface area contributed by atoms with Crippen molar-refractivity contribution in [3.63, 3.8) is 0 Å². The van der Waals surface area contributed by atoms with Crippen molar-refractivity contribution < 1.29 is 24.6 Å². The van der Waals surface area contributed by atoms with Gasteiger partial charge in [-0.3, -0.25) is 11.3 Å². The van der Waals surface area contributed by atoms with Crippen LogP contribution < -0.4 is 11.3 Å². The van der Waals surface area contributed by atoms with Crippen LogP contribution >= 0.6 is 0 Å². The van der Waals surface area contributed by atoms with Crippen LogP contribution in [0.3, 0.4) is 0 Å². The van der Waals surface area contributed by atoms with Gasteiger partial charge in [-0.1, -0.05) is 0 Å². The first-order valence-corrected chi connectivity index (χ1v) is 1.85. The van der Waals surface area contributed by atoms with Gasteiger partial charge in [0.2, 0.25) is 0 Å². The van der Waals surface area contributed by atoms with Gasteiger partial charge in [0, 0.05) is 19.5 Å². The van der Waals surface area contributed by atoms with Crippen LogP contribution in [-0.2, 0) is 19.5 Å². The molecule has 0 aromatic heterocycles. The number of hydrogen-bond donors (Lipinski definition) is 3. The van der Waals surface area contributed by atoms with E-state index in [2.05, 4.69) is 5.43 Å². The van der Waals surface area contributed by atoms with E-state index in [0.29, 0.717) is 6.10 Å². The third-order valence-corrected chi connectivity index (χ3v) is 0.857. The number of nitrogens with one attached hydrogen (secondary N) is 1. The van der Waals surface area contributed by atoms with Crippen LogP contribution in [0.15, 0.2) is 0 Å². The van der Waals surface area contributed by atoms with Crippen LogP contribution in [0.25, 0.3) is 0 Å². The molecule has 1 atom stereocenters. The summed E-state index contributed by atoms with van der Waals surface area (Å²) in [5.41, 5.74) is 2.40. The van der Waals surface area contributed by atoms with Gasteiger partial charge in [0.05, 0.1) is 0 Å². The molecule has 4 heteroatoms. The Kier molecular flexibility index (Phi) is 2.92. The minimum absolute atomic E-state index is 0. The third-order valence-electron chi connectivity index (χ3n) is 0.857. The van der Waals surface area contributed by atoms with Gasteiger partial charge in [0.25, 0.3) is 0 Å². The minimum atomic E-state index is 0. The molecule has 0 radical (unpaired) electrons. The standard InChI is InChI=1S/C3H7N2O.Zn/c4-5-2-1-3(2)6;/h2,5-6H,1,4H2;/q-1;. The zero-order valence-corrected chi connectivity index (χ0v) is 6.98. The van der Waals surface area contributed by atoms with Crippen molar-refractivity contribution in [3.8, 4) is 0 Å². The Balaban J connectivity index is 0.000000360. The molecule has 1 rings (SSSR count). The van der Waals surface area contributed by atoms with Crippen molar-refractivity contribution in [3.05, 3.63) is 6.10 Å². The van der Waals surface area contributed by atoms with Crippen LogP contribution in [0, 0.1) is 6.10 Å². The summed E-state index contributed by atoms with van der Waals surface area (Å²) < 4.78 is 0. The average Bonchev–Trinajstić information content (AvgIpc) is 2.19. The Hall–Kier alpha value is 0.503. The van der Waals surface area contributed by atoms with Crippen molar-refractivity contribution in [2.75, 3.05) is 0 Å². The van der Waals surface area contributed by atoms with Gasteiger partial charge < -0.3 is 5.11 Å². The molecular weight excluding hydrogens is 145 g/mol. The second-order valence-corrected chi connectivity index (χ2v) is 1.41. The van der Waals surface area contributed by atoms with E-state index in [1.807, 2.05) is 0 Å². The summed E-state index contributed by atoms with van der Waals surface area (Å²) in [6.45, 7) is 0. The molecule has 1 unspecified atom stereocenters. The van der Waals surface area contributed by atoms with E-state index in [1.165, 1.54) is 0 Å². The fraction of sp³-hybridized carbons (Fsp3) is 0.667. The second-order valence-electron chi connectivity index (χ2n) is 1.41. The van der Waals surface area contributed by atoms with Crippen molar-refractivity contribution in [1.82, 2.24) is 5.43 Å². The smallest absolute Gasteiger partial charge is 0 e. The van der Waals surface area contributed by atoms with E-state index in [1.54, 1.807) is 0 Å². The van der Waals surface area contributed by atoms with Gasteiger partial charge in [-0.05, 0) is 0 Å². The Bertz CT molecular complexity index is 58.9. The van der Waals surface area contributed by atoms with Crippen LogP contribution in [0.4, 0.5) is 0 Å². The van der Waals surface area contributed by atoms with E-state index in [4.69, 9.17) is 10.9 Å². The first-order valence-electron chi connectivity index (χ1n) is 1.85. The summed E-state index contributed by atoms with van der Waals surface area (Å²) in [5, 5.41) is 8.40. The van der Waals surface area contributed by atoms with Gasteiger partial charge in [-0.15, -0.1) is 6.04 Å². The molecule has 0 aromatic rings. The Labute approximate surface area is 55.0 Å². The normalized spacial score (nSPS) is 29.1. The molecule has 0 aromatic carbocycles. The van der Waals surface area contributed by atoms with Gasteiger partial charge in [-0.25, -0.2) is 0 Å². The maximum atomic E-state index is 8.40. The van der Waals surface area contributed by atoms with Crippen molar-refractivity contribution in [2.24, 2.45) is 5.84 Å². The van der Waals surface area contributed by atoms with E-state index >= 15 is 0 Å². The van der Waals surface area contributed by atoms with Crippen molar-refractivity contribution in [2.45, 2.75) is 12.5 Å². The number of aliphatic hydroxyl groups excluding tert-OH is 1. The molecule has 4 N–H and O–H groups in total. The van der Waals surface area contributed by atoms with Gasteiger partial charge in [0.15, 0.2) is 0 Å². The molecule has 3 nitrogen and oxygen atoms in total. The summed E-state index contributed by atoms with van der Waals surface area (Å²) in [4.78, 5) is 0. The second kappa shape index (κ2) is 2.72. The number of hydrogen-bond acceptors (Lipinski definition) is 3. The quantitative estimate of drug-likeness (QED) is 0.198. The Morgan fingerprint density at radius 1 is 1.86 bits per heavy atom. The molecule has 1 saturated carbocycles. The summed E-state index contributed by atoms with van der Waals surface area (Å²) >= 11 is 0. The summed E-state index contributed by atoms with van der Waals surface area (Å²) in [7, 11) is 0. The molecule has 0 amide bonds. The number of nitrogens with two attached hydrogens (primary N) is 1. The van der Waals surface area contributed by atoms with Gasteiger partial charge in [-0.2, -0.15) is 12.5 Å². The summed E-state index contributed by atoms with van der Waals surface area (Å²) in [6.07, 6.45) is 1.20. The molecule has 1 aliphatic rings. The fourth-order valence-electron chi connectivity index (χ4n) is 0.305. The van der Waals surface area contributed by atoms with Crippen LogP contribution in [0.2, 0.25) is 0 Å². The predicted molar refractivity (Wildman–Crippen MR) is 20.9 cm³/mol.